The zero-order valence-electron chi connectivity index (χ0n) is 13.9. The molecule has 1 saturated carbocycles. The number of urea groups is 1. The van der Waals surface area contributed by atoms with Gasteiger partial charge in [-0.1, -0.05) is 12.8 Å². The second-order valence-corrected chi connectivity index (χ2v) is 6.94. The highest BCUT2D eigenvalue weighted by Crippen LogP contribution is 2.19. The Morgan fingerprint density at radius 3 is 2.65 bits per heavy atom. The van der Waals surface area contributed by atoms with Gasteiger partial charge in [0, 0.05) is 23.2 Å². The van der Waals surface area contributed by atoms with E-state index in [1.807, 2.05) is 0 Å². The average molecular weight is 380 g/mol. The first-order chi connectivity index (χ1) is 12.5. The second kappa shape index (κ2) is 8.22. The van der Waals surface area contributed by atoms with E-state index < -0.39 is 17.5 Å². The highest BCUT2D eigenvalue weighted by atomic mass is 32.1. The first-order valence-corrected chi connectivity index (χ1v) is 9.14. The van der Waals surface area contributed by atoms with Gasteiger partial charge in [-0.3, -0.25) is 10.1 Å². The molecule has 1 fully saturated rings. The van der Waals surface area contributed by atoms with Crippen molar-refractivity contribution in [1.82, 2.24) is 10.3 Å². The van der Waals surface area contributed by atoms with E-state index in [2.05, 4.69) is 20.9 Å². The minimum atomic E-state index is -1.03. The Hall–Kier alpha value is -2.55. The van der Waals surface area contributed by atoms with Crippen molar-refractivity contribution in [3.05, 3.63) is 40.9 Å². The third-order valence-electron chi connectivity index (χ3n) is 4.01. The number of thiazole rings is 1. The van der Waals surface area contributed by atoms with Gasteiger partial charge in [-0.15, -0.1) is 11.3 Å². The van der Waals surface area contributed by atoms with Crippen molar-refractivity contribution in [3.63, 3.8) is 0 Å². The first-order valence-electron chi connectivity index (χ1n) is 8.26. The van der Waals surface area contributed by atoms with Crippen LogP contribution < -0.4 is 16.0 Å². The molecule has 0 bridgehead atoms. The van der Waals surface area contributed by atoms with Crippen LogP contribution >= 0.6 is 11.3 Å². The maximum absolute atomic E-state index is 13.1. The second-order valence-electron chi connectivity index (χ2n) is 6.08. The molecule has 1 aromatic heterocycles. The molecule has 3 amide bonds. The van der Waals surface area contributed by atoms with Crippen molar-refractivity contribution in [2.75, 3.05) is 10.6 Å². The molecule has 26 heavy (non-hydrogen) atoms. The number of nitrogens with one attached hydrogen (secondary N) is 3. The van der Waals surface area contributed by atoms with Gasteiger partial charge >= 0.3 is 6.03 Å². The summed E-state index contributed by atoms with van der Waals surface area (Å²) in [7, 11) is 0. The monoisotopic (exact) mass is 380 g/mol. The zero-order chi connectivity index (χ0) is 18.5. The van der Waals surface area contributed by atoms with Crippen LogP contribution in [0.3, 0.4) is 0 Å². The Balaban J connectivity index is 1.50. The molecule has 0 radical (unpaired) electrons. The predicted molar refractivity (Wildman–Crippen MR) is 95.2 cm³/mol. The number of benzene rings is 1. The Labute approximate surface area is 153 Å². The summed E-state index contributed by atoms with van der Waals surface area (Å²) in [6.07, 6.45) is 4.18. The SMILES string of the molecule is O=C(Cc1csc(NC(=O)NC2CCCC2)n1)Nc1ccc(F)c(F)c1. The van der Waals surface area contributed by atoms with Crippen LogP contribution in [0.25, 0.3) is 0 Å². The quantitative estimate of drug-likeness (QED) is 0.740. The topological polar surface area (TPSA) is 83.1 Å². The lowest BCUT2D eigenvalue weighted by Gasteiger charge is -2.11. The van der Waals surface area contributed by atoms with Gasteiger partial charge in [0.2, 0.25) is 5.91 Å². The van der Waals surface area contributed by atoms with Gasteiger partial charge in [0.1, 0.15) is 0 Å². The summed E-state index contributed by atoms with van der Waals surface area (Å²) in [6.45, 7) is 0. The fraction of sp³-hybridized carbons (Fsp3) is 0.353. The molecule has 6 nitrogen and oxygen atoms in total. The first kappa shape index (κ1) is 18.2. The molecule has 1 aromatic carbocycles. The van der Waals surface area contributed by atoms with Gasteiger partial charge in [-0.2, -0.15) is 0 Å². The van der Waals surface area contributed by atoms with Gasteiger partial charge in [0.15, 0.2) is 16.8 Å². The van der Waals surface area contributed by atoms with E-state index in [-0.39, 0.29) is 24.2 Å². The normalized spacial score (nSPS) is 14.2. The molecule has 3 N–H and O–H groups in total. The largest absolute Gasteiger partial charge is 0.335 e. The van der Waals surface area contributed by atoms with Crippen molar-refractivity contribution >= 4 is 34.1 Å². The van der Waals surface area contributed by atoms with Crippen molar-refractivity contribution < 1.29 is 18.4 Å². The van der Waals surface area contributed by atoms with Crippen LogP contribution in [0.4, 0.5) is 24.4 Å². The number of aromatic nitrogens is 1. The lowest BCUT2D eigenvalue weighted by Crippen LogP contribution is -2.36. The molecule has 9 heteroatoms. The standard InChI is InChI=1S/C17H18F2N4O2S/c18-13-6-5-11(7-14(13)19)20-15(24)8-12-9-26-17(22-12)23-16(25)21-10-3-1-2-4-10/h5-7,9-10H,1-4,8H2,(H,20,24)(H2,21,22,23,25). The molecule has 2 aromatic rings. The van der Waals surface area contributed by atoms with Crippen molar-refractivity contribution in [3.8, 4) is 0 Å². The number of hydrogen-bond donors (Lipinski definition) is 3. The number of carbonyl (C=O) groups is 2. The van der Waals surface area contributed by atoms with Gasteiger partial charge in [-0.05, 0) is 25.0 Å². The number of rotatable bonds is 5. The van der Waals surface area contributed by atoms with E-state index in [9.17, 15) is 18.4 Å². The van der Waals surface area contributed by atoms with Gasteiger partial charge in [0.25, 0.3) is 0 Å². The van der Waals surface area contributed by atoms with Crippen molar-refractivity contribution in [2.24, 2.45) is 0 Å². The summed E-state index contributed by atoms with van der Waals surface area (Å²) in [5.74, 6) is -2.42. The molecular weight excluding hydrogens is 362 g/mol. The fourth-order valence-electron chi connectivity index (χ4n) is 2.78. The molecule has 138 valence electrons. The number of hydrogen-bond acceptors (Lipinski definition) is 4. The third kappa shape index (κ3) is 4.98. The van der Waals surface area contributed by atoms with Crippen LogP contribution in [0.15, 0.2) is 23.6 Å². The van der Waals surface area contributed by atoms with Crippen LogP contribution in [-0.4, -0.2) is 23.0 Å². The van der Waals surface area contributed by atoms with E-state index in [0.717, 1.165) is 37.8 Å². The smallest absolute Gasteiger partial charge is 0.321 e. The van der Waals surface area contributed by atoms with Gasteiger partial charge in [0.05, 0.1) is 12.1 Å². The maximum atomic E-state index is 13.1. The zero-order valence-corrected chi connectivity index (χ0v) is 14.7. The summed E-state index contributed by atoms with van der Waals surface area (Å²) < 4.78 is 26.0. The van der Waals surface area contributed by atoms with Crippen LogP contribution in [0.5, 0.6) is 0 Å². The summed E-state index contributed by atoms with van der Waals surface area (Å²) in [5, 5.41) is 10.1. The molecule has 0 unspecified atom stereocenters. The number of carbonyl (C=O) groups excluding carboxylic acids is 2. The molecule has 3 rings (SSSR count). The minimum Gasteiger partial charge on any atom is -0.335 e. The molecule has 0 spiro atoms. The summed E-state index contributed by atoms with van der Waals surface area (Å²) >= 11 is 1.22. The van der Waals surface area contributed by atoms with E-state index in [1.165, 1.54) is 17.4 Å². The molecule has 1 heterocycles. The lowest BCUT2D eigenvalue weighted by atomic mass is 10.2. The van der Waals surface area contributed by atoms with E-state index in [1.54, 1.807) is 5.38 Å². The van der Waals surface area contributed by atoms with Gasteiger partial charge < -0.3 is 10.6 Å². The Kier molecular flexibility index (Phi) is 5.77. The van der Waals surface area contributed by atoms with E-state index in [0.29, 0.717) is 10.8 Å². The Bertz CT molecular complexity index is 806. The fourth-order valence-corrected chi connectivity index (χ4v) is 3.48. The number of nitrogens with zero attached hydrogens (tertiary/aromatic N) is 1. The predicted octanol–water partition coefficient (Wildman–Crippen LogP) is 3.67. The summed E-state index contributed by atoms with van der Waals surface area (Å²) in [5.41, 5.74) is 0.643. The maximum Gasteiger partial charge on any atom is 0.321 e. The molecule has 0 atom stereocenters. The van der Waals surface area contributed by atoms with E-state index in [4.69, 9.17) is 0 Å². The summed E-state index contributed by atoms with van der Waals surface area (Å²) in [6, 6.07) is 3.03. The molecule has 0 saturated heterocycles. The van der Waals surface area contributed by atoms with Crippen LogP contribution in [0, 0.1) is 11.6 Å². The average Bonchev–Trinajstić information content (AvgIpc) is 3.23. The summed E-state index contributed by atoms with van der Waals surface area (Å²) in [4.78, 5) is 28.1. The number of anilines is 2. The molecule has 0 aliphatic heterocycles. The molecular formula is C17H18F2N4O2S. The third-order valence-corrected chi connectivity index (χ3v) is 4.81. The Morgan fingerprint density at radius 2 is 1.92 bits per heavy atom. The van der Waals surface area contributed by atoms with Gasteiger partial charge in [-0.25, -0.2) is 18.6 Å². The van der Waals surface area contributed by atoms with Crippen molar-refractivity contribution in [2.45, 2.75) is 38.1 Å². The highest BCUT2D eigenvalue weighted by molar-refractivity contribution is 7.13. The highest BCUT2D eigenvalue weighted by Gasteiger charge is 2.18. The minimum absolute atomic E-state index is 0.0403. The Morgan fingerprint density at radius 1 is 1.15 bits per heavy atom. The van der Waals surface area contributed by atoms with Crippen LogP contribution in [0.1, 0.15) is 31.4 Å². The van der Waals surface area contributed by atoms with Crippen LogP contribution in [-0.2, 0) is 11.2 Å². The number of amides is 3. The lowest BCUT2D eigenvalue weighted by molar-refractivity contribution is -0.115. The number of halogens is 2. The van der Waals surface area contributed by atoms with Crippen LogP contribution in [0.2, 0.25) is 0 Å². The molecule has 1 aliphatic carbocycles. The molecule has 1 aliphatic rings. The van der Waals surface area contributed by atoms with Crippen molar-refractivity contribution in [1.29, 1.82) is 0 Å². The van der Waals surface area contributed by atoms with E-state index >= 15 is 0 Å².